The summed E-state index contributed by atoms with van der Waals surface area (Å²) >= 11 is 0. The first kappa shape index (κ1) is 19.5. The fraction of sp³-hybridized carbons (Fsp3) is 0.0500. The summed E-state index contributed by atoms with van der Waals surface area (Å²) in [5, 5.41) is 21.1. The Balaban J connectivity index is 1.47. The zero-order chi connectivity index (χ0) is 20.6. The topological polar surface area (TPSA) is 123 Å². The molecule has 0 saturated heterocycles. The zero-order valence-electron chi connectivity index (χ0n) is 15.1. The maximum Gasteiger partial charge on any atom is 0.270 e. The predicted octanol–water partition coefficient (Wildman–Crippen LogP) is 3.33. The average molecular weight is 392 g/mol. The number of carbonyl (C=O) groups excluding carboxylic acids is 2. The Bertz CT molecular complexity index is 1070. The number of nitro groups is 1. The van der Waals surface area contributed by atoms with Gasteiger partial charge >= 0.3 is 0 Å². The normalized spacial score (nSPS) is 10.6. The van der Waals surface area contributed by atoms with Crippen molar-refractivity contribution in [2.24, 2.45) is 5.16 Å². The molecule has 0 unspecified atom stereocenters. The first-order valence-electron chi connectivity index (χ1n) is 8.51. The SMILES string of the molecule is O=C(C=NOCC(=O)Nc1cccc2ccccc12)Nc1ccc([N+](=O)[O-])cc1. The number of rotatable bonds is 7. The highest BCUT2D eigenvalue weighted by Crippen LogP contribution is 2.22. The quantitative estimate of drug-likeness (QED) is 0.363. The Kier molecular flexibility index (Phi) is 6.11. The molecule has 0 aliphatic rings. The lowest BCUT2D eigenvalue weighted by Crippen LogP contribution is -2.18. The number of hydrogen-bond acceptors (Lipinski definition) is 6. The Hall–Kier alpha value is -4.27. The summed E-state index contributed by atoms with van der Waals surface area (Å²) in [6.07, 6.45) is 0.868. The van der Waals surface area contributed by atoms with Crippen molar-refractivity contribution in [3.63, 3.8) is 0 Å². The lowest BCUT2D eigenvalue weighted by atomic mass is 10.1. The zero-order valence-corrected chi connectivity index (χ0v) is 15.1. The van der Waals surface area contributed by atoms with Crippen molar-refractivity contribution in [3.8, 4) is 0 Å². The van der Waals surface area contributed by atoms with E-state index in [4.69, 9.17) is 4.84 Å². The molecule has 0 aliphatic carbocycles. The van der Waals surface area contributed by atoms with Gasteiger partial charge in [0.25, 0.3) is 17.5 Å². The molecule has 0 bridgehead atoms. The molecule has 0 aliphatic heterocycles. The van der Waals surface area contributed by atoms with Crippen LogP contribution in [0.15, 0.2) is 71.9 Å². The molecule has 3 rings (SSSR count). The van der Waals surface area contributed by atoms with Crippen LogP contribution >= 0.6 is 0 Å². The van der Waals surface area contributed by atoms with Gasteiger partial charge in [-0.25, -0.2) is 0 Å². The summed E-state index contributed by atoms with van der Waals surface area (Å²) in [7, 11) is 0. The number of non-ortho nitro benzene ring substituents is 1. The molecule has 9 nitrogen and oxygen atoms in total. The molecule has 9 heteroatoms. The molecule has 0 saturated carbocycles. The van der Waals surface area contributed by atoms with Gasteiger partial charge in [-0.15, -0.1) is 0 Å². The number of hydrogen-bond donors (Lipinski definition) is 2. The number of amides is 2. The summed E-state index contributed by atoms with van der Waals surface area (Å²) in [6.45, 7) is -0.371. The first-order chi connectivity index (χ1) is 14.0. The van der Waals surface area contributed by atoms with Crippen molar-refractivity contribution in [2.75, 3.05) is 17.2 Å². The van der Waals surface area contributed by atoms with Crippen LogP contribution in [0.5, 0.6) is 0 Å². The van der Waals surface area contributed by atoms with Crippen LogP contribution < -0.4 is 10.6 Å². The van der Waals surface area contributed by atoms with Crippen LogP contribution in [0.2, 0.25) is 0 Å². The van der Waals surface area contributed by atoms with Crippen molar-refractivity contribution in [2.45, 2.75) is 0 Å². The smallest absolute Gasteiger partial charge is 0.270 e. The maximum absolute atomic E-state index is 12.0. The first-order valence-corrected chi connectivity index (χ1v) is 8.51. The largest absolute Gasteiger partial charge is 0.385 e. The molecule has 0 atom stereocenters. The van der Waals surface area contributed by atoms with Gasteiger partial charge in [0.1, 0.15) is 6.21 Å². The van der Waals surface area contributed by atoms with Crippen LogP contribution in [0.1, 0.15) is 0 Å². The van der Waals surface area contributed by atoms with E-state index < -0.39 is 16.7 Å². The molecule has 0 spiro atoms. The molecule has 0 aromatic heterocycles. The van der Waals surface area contributed by atoms with Crippen LogP contribution in [0.25, 0.3) is 10.8 Å². The van der Waals surface area contributed by atoms with E-state index in [2.05, 4.69) is 15.8 Å². The van der Waals surface area contributed by atoms with Crippen molar-refractivity contribution in [1.29, 1.82) is 0 Å². The third-order valence-electron chi connectivity index (χ3n) is 3.85. The van der Waals surface area contributed by atoms with Crippen LogP contribution in [0, 0.1) is 10.1 Å². The summed E-state index contributed by atoms with van der Waals surface area (Å²) in [5.41, 5.74) is 0.926. The van der Waals surface area contributed by atoms with Gasteiger partial charge in [0.15, 0.2) is 6.61 Å². The lowest BCUT2D eigenvalue weighted by molar-refractivity contribution is -0.384. The van der Waals surface area contributed by atoms with Gasteiger partial charge in [-0.05, 0) is 23.6 Å². The fourth-order valence-electron chi connectivity index (χ4n) is 2.54. The minimum absolute atomic E-state index is 0.0859. The number of fused-ring (bicyclic) bond motifs is 1. The van der Waals surface area contributed by atoms with Gasteiger partial charge in [-0.2, -0.15) is 0 Å². The van der Waals surface area contributed by atoms with E-state index >= 15 is 0 Å². The minimum atomic E-state index is -0.603. The Morgan fingerprint density at radius 3 is 2.48 bits per heavy atom. The highest BCUT2D eigenvalue weighted by Gasteiger charge is 2.07. The van der Waals surface area contributed by atoms with Crippen molar-refractivity contribution >= 4 is 45.9 Å². The van der Waals surface area contributed by atoms with Crippen LogP contribution in [0.4, 0.5) is 17.1 Å². The number of oxime groups is 1. The number of nitrogens with one attached hydrogen (secondary N) is 2. The van der Waals surface area contributed by atoms with Crippen molar-refractivity contribution < 1.29 is 19.3 Å². The molecule has 29 heavy (non-hydrogen) atoms. The van der Waals surface area contributed by atoms with E-state index in [0.29, 0.717) is 11.4 Å². The van der Waals surface area contributed by atoms with Gasteiger partial charge in [-0.1, -0.05) is 41.6 Å². The molecular weight excluding hydrogens is 376 g/mol. The highest BCUT2D eigenvalue weighted by atomic mass is 16.6. The van der Waals surface area contributed by atoms with E-state index in [1.165, 1.54) is 24.3 Å². The number of nitrogens with zero attached hydrogens (tertiary/aromatic N) is 2. The molecule has 3 aromatic carbocycles. The third-order valence-corrected chi connectivity index (χ3v) is 3.85. The van der Waals surface area contributed by atoms with E-state index in [9.17, 15) is 19.7 Å². The average Bonchev–Trinajstić information content (AvgIpc) is 2.72. The fourth-order valence-corrected chi connectivity index (χ4v) is 2.54. The van der Waals surface area contributed by atoms with Gasteiger partial charge in [0, 0.05) is 28.9 Å². The van der Waals surface area contributed by atoms with Crippen LogP contribution in [0.3, 0.4) is 0 Å². The Morgan fingerprint density at radius 1 is 1.00 bits per heavy atom. The standard InChI is InChI=1S/C20H16N4O5/c25-19(22-15-8-10-16(11-9-15)24(27)28)12-21-29-13-20(26)23-18-7-3-5-14-4-1-2-6-17(14)18/h1-12H,13H2,(H,22,25)(H,23,26). The van der Waals surface area contributed by atoms with Gasteiger partial charge < -0.3 is 15.5 Å². The summed E-state index contributed by atoms with van der Waals surface area (Å²) in [5.74, 6) is -1.03. The Morgan fingerprint density at radius 2 is 1.72 bits per heavy atom. The number of anilines is 2. The molecule has 3 aromatic rings. The lowest BCUT2D eigenvalue weighted by Gasteiger charge is -2.08. The second-order valence-corrected chi connectivity index (χ2v) is 5.88. The summed E-state index contributed by atoms with van der Waals surface area (Å²) < 4.78 is 0. The molecule has 0 heterocycles. The van der Waals surface area contributed by atoms with Crippen LogP contribution in [-0.2, 0) is 14.4 Å². The van der Waals surface area contributed by atoms with Gasteiger partial charge in [0.2, 0.25) is 0 Å². The summed E-state index contributed by atoms with van der Waals surface area (Å²) in [6, 6.07) is 18.5. The molecule has 146 valence electrons. The van der Waals surface area contributed by atoms with Gasteiger partial charge in [-0.3, -0.25) is 19.7 Å². The molecule has 0 radical (unpaired) electrons. The van der Waals surface area contributed by atoms with Crippen molar-refractivity contribution in [3.05, 3.63) is 76.8 Å². The number of carbonyl (C=O) groups is 2. The van der Waals surface area contributed by atoms with Crippen LogP contribution in [-0.4, -0.2) is 29.6 Å². The molecule has 2 N–H and O–H groups in total. The Labute approximate surface area is 165 Å². The van der Waals surface area contributed by atoms with Crippen molar-refractivity contribution in [1.82, 2.24) is 0 Å². The number of nitro benzene ring substituents is 1. The second-order valence-electron chi connectivity index (χ2n) is 5.88. The van der Waals surface area contributed by atoms with Gasteiger partial charge in [0.05, 0.1) is 4.92 Å². The molecular formula is C20H16N4O5. The monoisotopic (exact) mass is 392 g/mol. The van der Waals surface area contributed by atoms with E-state index in [1.807, 2.05) is 36.4 Å². The van der Waals surface area contributed by atoms with E-state index in [1.54, 1.807) is 6.07 Å². The summed E-state index contributed by atoms with van der Waals surface area (Å²) in [4.78, 5) is 38.7. The predicted molar refractivity (Wildman–Crippen MR) is 109 cm³/mol. The van der Waals surface area contributed by atoms with E-state index in [-0.39, 0.29) is 12.3 Å². The molecule has 2 amide bonds. The highest BCUT2D eigenvalue weighted by molar-refractivity contribution is 6.31. The third kappa shape index (κ3) is 5.36. The minimum Gasteiger partial charge on any atom is -0.385 e. The second kappa shape index (κ2) is 9.09. The number of benzene rings is 3. The molecule has 0 fully saturated rings. The maximum atomic E-state index is 12.0. The van der Waals surface area contributed by atoms with E-state index in [0.717, 1.165) is 17.0 Å².